The van der Waals surface area contributed by atoms with Gasteiger partial charge in [-0.05, 0) is 48.2 Å². The Kier molecular flexibility index (Phi) is 7.69. The van der Waals surface area contributed by atoms with Gasteiger partial charge in [-0.15, -0.1) is 12.4 Å². The number of carbonyl (C=O) groups excluding carboxylic acids is 2. The highest BCUT2D eigenvalue weighted by molar-refractivity contribution is 6.31. The van der Waals surface area contributed by atoms with Crippen LogP contribution in [0.15, 0.2) is 42.5 Å². The molecule has 0 aromatic heterocycles. The maximum Gasteiger partial charge on any atom is 0.231 e. The molecule has 1 heterocycles. The van der Waals surface area contributed by atoms with Gasteiger partial charge in [-0.2, -0.15) is 0 Å². The molecule has 0 aliphatic carbocycles. The molecular formula is C22H27Cl2N3O2. The highest BCUT2D eigenvalue weighted by Crippen LogP contribution is 2.33. The molecule has 0 saturated carbocycles. The topological polar surface area (TPSA) is 75.4 Å². The van der Waals surface area contributed by atoms with Crippen LogP contribution >= 0.6 is 24.0 Å². The Bertz CT molecular complexity index is 872. The third-order valence-corrected chi connectivity index (χ3v) is 5.99. The maximum absolute atomic E-state index is 12.6. The van der Waals surface area contributed by atoms with Crippen LogP contribution in [0.5, 0.6) is 0 Å². The molecule has 156 valence electrons. The first kappa shape index (κ1) is 23.2. The zero-order chi connectivity index (χ0) is 20.3. The van der Waals surface area contributed by atoms with Crippen LogP contribution < -0.4 is 16.0 Å². The lowest BCUT2D eigenvalue weighted by molar-refractivity contribution is -0.125. The lowest BCUT2D eigenvalue weighted by Gasteiger charge is -2.28. The van der Waals surface area contributed by atoms with E-state index >= 15 is 0 Å². The largest absolute Gasteiger partial charge is 0.329 e. The molecule has 3 rings (SSSR count). The SMILES string of the molecule is CCC(CC)(CN)C(=O)Nc1ccc(CN2C(=O)Cc3ccc(Cl)cc32)cc1.Cl. The monoisotopic (exact) mass is 435 g/mol. The van der Waals surface area contributed by atoms with E-state index in [0.717, 1.165) is 22.5 Å². The van der Waals surface area contributed by atoms with Gasteiger partial charge in [0.05, 0.1) is 18.4 Å². The summed E-state index contributed by atoms with van der Waals surface area (Å²) in [4.78, 5) is 26.8. The first-order valence-corrected chi connectivity index (χ1v) is 9.99. The van der Waals surface area contributed by atoms with Gasteiger partial charge in [-0.1, -0.05) is 43.6 Å². The minimum atomic E-state index is -0.538. The number of halogens is 2. The molecule has 5 nitrogen and oxygen atoms in total. The van der Waals surface area contributed by atoms with E-state index in [-0.39, 0.29) is 24.2 Å². The molecule has 0 spiro atoms. The lowest BCUT2D eigenvalue weighted by atomic mass is 9.81. The molecule has 1 aliphatic rings. The van der Waals surface area contributed by atoms with E-state index in [1.54, 1.807) is 4.90 Å². The fourth-order valence-corrected chi connectivity index (χ4v) is 3.76. The number of hydrogen-bond acceptors (Lipinski definition) is 3. The van der Waals surface area contributed by atoms with Gasteiger partial charge in [0.1, 0.15) is 0 Å². The highest BCUT2D eigenvalue weighted by Gasteiger charge is 2.33. The molecule has 0 unspecified atom stereocenters. The van der Waals surface area contributed by atoms with Crippen LogP contribution in [0.1, 0.15) is 37.8 Å². The summed E-state index contributed by atoms with van der Waals surface area (Å²) in [5, 5.41) is 3.59. The van der Waals surface area contributed by atoms with Crippen molar-refractivity contribution < 1.29 is 9.59 Å². The van der Waals surface area contributed by atoms with E-state index in [9.17, 15) is 9.59 Å². The summed E-state index contributed by atoms with van der Waals surface area (Å²) in [5.74, 6) is 0.0132. The third kappa shape index (κ3) is 4.74. The van der Waals surface area contributed by atoms with Crippen molar-refractivity contribution in [3.63, 3.8) is 0 Å². The Morgan fingerprint density at radius 3 is 2.41 bits per heavy atom. The smallest absolute Gasteiger partial charge is 0.231 e. The first-order chi connectivity index (χ1) is 13.4. The Hall–Kier alpha value is -2.08. The number of fused-ring (bicyclic) bond motifs is 1. The molecule has 2 amide bonds. The normalized spacial score (nSPS) is 13.1. The number of nitrogens with two attached hydrogens (primary N) is 1. The first-order valence-electron chi connectivity index (χ1n) is 9.61. The highest BCUT2D eigenvalue weighted by atomic mass is 35.5. The van der Waals surface area contributed by atoms with Gasteiger partial charge >= 0.3 is 0 Å². The number of benzene rings is 2. The van der Waals surface area contributed by atoms with E-state index in [2.05, 4.69) is 5.32 Å². The van der Waals surface area contributed by atoms with Crippen molar-refractivity contribution in [3.8, 4) is 0 Å². The van der Waals surface area contributed by atoms with Crippen molar-refractivity contribution >= 4 is 47.2 Å². The number of nitrogens with one attached hydrogen (secondary N) is 1. The Morgan fingerprint density at radius 1 is 1.17 bits per heavy atom. The van der Waals surface area contributed by atoms with Crippen LogP contribution in [0.2, 0.25) is 5.02 Å². The number of rotatable bonds is 7. The predicted octanol–water partition coefficient (Wildman–Crippen LogP) is 4.55. The lowest BCUT2D eigenvalue weighted by Crippen LogP contribution is -2.41. The van der Waals surface area contributed by atoms with E-state index in [4.69, 9.17) is 17.3 Å². The van der Waals surface area contributed by atoms with Gasteiger partial charge in [-0.25, -0.2) is 0 Å². The van der Waals surface area contributed by atoms with Gasteiger partial charge in [0.15, 0.2) is 0 Å². The minimum Gasteiger partial charge on any atom is -0.329 e. The minimum absolute atomic E-state index is 0. The van der Waals surface area contributed by atoms with Crippen molar-refractivity contribution in [2.24, 2.45) is 11.1 Å². The van der Waals surface area contributed by atoms with Crippen molar-refractivity contribution in [1.82, 2.24) is 0 Å². The Labute approximate surface area is 183 Å². The standard InChI is InChI=1S/C22H26ClN3O2.ClH/c1-3-22(4-2,14-24)21(28)25-18-9-5-15(6-10-18)13-26-19-12-17(23)8-7-16(19)11-20(26)27;/h5-10,12H,3-4,11,13-14,24H2,1-2H3,(H,25,28);1H. The van der Waals surface area contributed by atoms with Gasteiger partial charge < -0.3 is 16.0 Å². The molecule has 2 aromatic rings. The quantitative estimate of drug-likeness (QED) is 0.669. The van der Waals surface area contributed by atoms with E-state index in [1.807, 2.05) is 56.3 Å². The van der Waals surface area contributed by atoms with E-state index < -0.39 is 5.41 Å². The summed E-state index contributed by atoms with van der Waals surface area (Å²) in [5.41, 5.74) is 8.89. The molecule has 1 aliphatic heterocycles. The fourth-order valence-electron chi connectivity index (χ4n) is 3.60. The molecule has 3 N–H and O–H groups in total. The maximum atomic E-state index is 12.6. The molecule has 0 radical (unpaired) electrons. The molecular weight excluding hydrogens is 409 g/mol. The van der Waals surface area contributed by atoms with Crippen LogP contribution in [0.4, 0.5) is 11.4 Å². The summed E-state index contributed by atoms with van der Waals surface area (Å²) >= 11 is 6.09. The van der Waals surface area contributed by atoms with Gasteiger partial charge in [0.25, 0.3) is 0 Å². The summed E-state index contributed by atoms with van der Waals surface area (Å²) in [6.45, 7) is 4.76. The molecule has 2 aromatic carbocycles. The zero-order valence-electron chi connectivity index (χ0n) is 16.7. The zero-order valence-corrected chi connectivity index (χ0v) is 18.3. The number of amides is 2. The van der Waals surface area contributed by atoms with Crippen molar-refractivity contribution in [2.75, 3.05) is 16.8 Å². The van der Waals surface area contributed by atoms with Crippen LogP contribution in [0.25, 0.3) is 0 Å². The molecule has 0 atom stereocenters. The number of hydrogen-bond donors (Lipinski definition) is 2. The van der Waals surface area contributed by atoms with Crippen molar-refractivity contribution in [3.05, 3.63) is 58.6 Å². The molecule has 0 fully saturated rings. The Balaban J connectivity index is 0.00000300. The number of carbonyl (C=O) groups is 2. The van der Waals surface area contributed by atoms with E-state index in [0.29, 0.717) is 37.4 Å². The van der Waals surface area contributed by atoms with Crippen LogP contribution in [-0.2, 0) is 22.6 Å². The summed E-state index contributed by atoms with van der Waals surface area (Å²) in [7, 11) is 0. The molecule has 0 saturated heterocycles. The summed E-state index contributed by atoms with van der Waals surface area (Å²) in [6, 6.07) is 13.1. The summed E-state index contributed by atoms with van der Waals surface area (Å²) < 4.78 is 0. The van der Waals surface area contributed by atoms with Crippen LogP contribution in [-0.4, -0.2) is 18.4 Å². The van der Waals surface area contributed by atoms with Crippen molar-refractivity contribution in [1.29, 1.82) is 0 Å². The molecule has 29 heavy (non-hydrogen) atoms. The molecule has 0 bridgehead atoms. The third-order valence-electron chi connectivity index (χ3n) is 5.76. The van der Waals surface area contributed by atoms with E-state index in [1.165, 1.54) is 0 Å². The van der Waals surface area contributed by atoms with Gasteiger partial charge in [0.2, 0.25) is 11.8 Å². The predicted molar refractivity (Wildman–Crippen MR) is 121 cm³/mol. The second-order valence-corrected chi connectivity index (χ2v) is 7.71. The number of nitrogens with zero attached hydrogens (tertiary/aromatic N) is 1. The second-order valence-electron chi connectivity index (χ2n) is 7.27. The Morgan fingerprint density at radius 2 is 1.83 bits per heavy atom. The summed E-state index contributed by atoms with van der Waals surface area (Å²) in [6.07, 6.45) is 1.79. The average Bonchev–Trinajstić information content (AvgIpc) is 3.00. The van der Waals surface area contributed by atoms with Crippen LogP contribution in [0.3, 0.4) is 0 Å². The average molecular weight is 436 g/mol. The second kappa shape index (κ2) is 9.61. The van der Waals surface area contributed by atoms with Gasteiger partial charge in [0, 0.05) is 22.9 Å². The van der Waals surface area contributed by atoms with Gasteiger partial charge in [-0.3, -0.25) is 9.59 Å². The molecule has 7 heteroatoms. The number of anilines is 2. The fraction of sp³-hybridized carbons (Fsp3) is 0.364. The van der Waals surface area contributed by atoms with Crippen LogP contribution in [0, 0.1) is 5.41 Å². The van der Waals surface area contributed by atoms with Crippen molar-refractivity contribution in [2.45, 2.75) is 39.7 Å².